The van der Waals surface area contributed by atoms with Gasteiger partial charge >= 0.3 is 5.97 Å². The number of amides is 1. The molecule has 3 rings (SSSR count). The predicted octanol–water partition coefficient (Wildman–Crippen LogP) is 1.30. The molecule has 0 aromatic heterocycles. The third kappa shape index (κ3) is 2.73. The van der Waals surface area contributed by atoms with Crippen molar-refractivity contribution in [2.75, 3.05) is 19.7 Å². The average molecular weight is 302 g/mol. The lowest BCUT2D eigenvalue weighted by Crippen LogP contribution is -2.47. The van der Waals surface area contributed by atoms with Crippen molar-refractivity contribution in [1.29, 1.82) is 0 Å². The average Bonchev–Trinajstić information content (AvgIpc) is 2.89. The molecule has 2 fully saturated rings. The summed E-state index contributed by atoms with van der Waals surface area (Å²) in [5.41, 5.74) is 0.996. The summed E-state index contributed by atoms with van der Waals surface area (Å²) in [4.78, 5) is 27.0. The van der Waals surface area contributed by atoms with Gasteiger partial charge in [-0.1, -0.05) is 30.3 Å². The molecule has 0 spiro atoms. The number of carbonyl (C=O) groups excluding carboxylic acids is 2. The Kier molecular flexibility index (Phi) is 4.43. The van der Waals surface area contributed by atoms with E-state index in [2.05, 4.69) is 5.32 Å². The van der Waals surface area contributed by atoms with Gasteiger partial charge in [0.2, 0.25) is 5.91 Å². The molecule has 1 N–H and O–H groups in total. The normalized spacial score (nSPS) is 28.1. The van der Waals surface area contributed by atoms with E-state index in [-0.39, 0.29) is 23.8 Å². The monoisotopic (exact) mass is 302 g/mol. The van der Waals surface area contributed by atoms with Crippen molar-refractivity contribution >= 4 is 11.9 Å². The predicted molar refractivity (Wildman–Crippen MR) is 82.3 cm³/mol. The third-order valence-electron chi connectivity index (χ3n) is 4.54. The first kappa shape index (κ1) is 15.0. The number of rotatable bonds is 3. The van der Waals surface area contributed by atoms with Crippen molar-refractivity contribution in [2.24, 2.45) is 0 Å². The smallest absolute Gasteiger partial charge is 0.328 e. The molecule has 2 heterocycles. The fourth-order valence-electron chi connectivity index (χ4n) is 3.49. The van der Waals surface area contributed by atoms with Gasteiger partial charge in [0.05, 0.1) is 12.5 Å². The van der Waals surface area contributed by atoms with Crippen LogP contribution < -0.4 is 5.32 Å². The summed E-state index contributed by atoms with van der Waals surface area (Å²) < 4.78 is 5.15. The van der Waals surface area contributed by atoms with Crippen molar-refractivity contribution in [3.05, 3.63) is 35.9 Å². The van der Waals surface area contributed by atoms with Crippen LogP contribution in [0.5, 0.6) is 0 Å². The Morgan fingerprint density at radius 1 is 1.27 bits per heavy atom. The molecule has 1 aromatic rings. The molecule has 3 unspecified atom stereocenters. The second-order valence-electron chi connectivity index (χ2n) is 5.87. The van der Waals surface area contributed by atoms with Crippen molar-refractivity contribution in [3.8, 4) is 0 Å². The summed E-state index contributed by atoms with van der Waals surface area (Å²) in [6, 6.07) is 9.44. The van der Waals surface area contributed by atoms with E-state index in [0.717, 1.165) is 18.5 Å². The van der Waals surface area contributed by atoms with Crippen LogP contribution in [0.3, 0.4) is 0 Å². The highest BCUT2D eigenvalue weighted by molar-refractivity contribution is 5.90. The maximum absolute atomic E-state index is 13.0. The molecule has 0 bridgehead atoms. The number of fused-ring (bicyclic) bond motifs is 1. The Bertz CT molecular complexity index is 546. The summed E-state index contributed by atoms with van der Waals surface area (Å²) in [6.45, 7) is 3.50. The minimum Gasteiger partial charge on any atom is -0.464 e. The minimum absolute atomic E-state index is 0.0387. The Hall–Kier alpha value is -1.88. The number of esters is 1. The van der Waals surface area contributed by atoms with E-state index >= 15 is 0 Å². The molecule has 2 saturated heterocycles. The Balaban J connectivity index is 1.86. The SMILES string of the molecule is CCOC(=O)C1CCC2CNCC(c3ccccc3)C(=O)N21. The second-order valence-corrected chi connectivity index (χ2v) is 5.87. The Labute approximate surface area is 130 Å². The molecule has 118 valence electrons. The van der Waals surface area contributed by atoms with Gasteiger partial charge in [0.15, 0.2) is 0 Å². The number of hydrogen-bond donors (Lipinski definition) is 1. The summed E-state index contributed by atoms with van der Waals surface area (Å²) >= 11 is 0. The summed E-state index contributed by atoms with van der Waals surface area (Å²) in [5.74, 6) is -0.468. The van der Waals surface area contributed by atoms with Gasteiger partial charge in [-0.15, -0.1) is 0 Å². The maximum Gasteiger partial charge on any atom is 0.328 e. The molecule has 2 aliphatic heterocycles. The molecule has 1 aromatic carbocycles. The van der Waals surface area contributed by atoms with Gasteiger partial charge in [-0.25, -0.2) is 4.79 Å². The Morgan fingerprint density at radius 2 is 2.05 bits per heavy atom. The van der Waals surface area contributed by atoms with E-state index in [9.17, 15) is 9.59 Å². The molecular weight excluding hydrogens is 280 g/mol. The number of nitrogens with one attached hydrogen (secondary N) is 1. The quantitative estimate of drug-likeness (QED) is 0.855. The van der Waals surface area contributed by atoms with Gasteiger partial charge < -0.3 is 15.0 Å². The van der Waals surface area contributed by atoms with Crippen LogP contribution in [0.4, 0.5) is 0 Å². The van der Waals surface area contributed by atoms with Crippen molar-refractivity contribution in [3.63, 3.8) is 0 Å². The molecule has 0 aliphatic carbocycles. The van der Waals surface area contributed by atoms with Gasteiger partial charge in [-0.2, -0.15) is 0 Å². The lowest BCUT2D eigenvalue weighted by Gasteiger charge is -2.29. The molecule has 22 heavy (non-hydrogen) atoms. The van der Waals surface area contributed by atoms with Crippen LogP contribution in [-0.2, 0) is 14.3 Å². The molecule has 2 aliphatic rings. The third-order valence-corrected chi connectivity index (χ3v) is 4.54. The van der Waals surface area contributed by atoms with Crippen molar-refractivity contribution < 1.29 is 14.3 Å². The molecule has 5 heteroatoms. The zero-order valence-corrected chi connectivity index (χ0v) is 12.8. The Morgan fingerprint density at radius 3 is 2.77 bits per heavy atom. The number of nitrogens with zero attached hydrogens (tertiary/aromatic N) is 1. The highest BCUT2D eigenvalue weighted by atomic mass is 16.5. The van der Waals surface area contributed by atoms with Crippen LogP contribution in [0.15, 0.2) is 30.3 Å². The highest BCUT2D eigenvalue weighted by Gasteiger charge is 2.45. The van der Waals surface area contributed by atoms with Crippen LogP contribution in [0.1, 0.15) is 31.2 Å². The first-order valence-corrected chi connectivity index (χ1v) is 7.96. The molecule has 0 saturated carbocycles. The molecule has 1 amide bonds. The van der Waals surface area contributed by atoms with Crippen molar-refractivity contribution in [2.45, 2.75) is 37.8 Å². The number of carbonyl (C=O) groups is 2. The second kappa shape index (κ2) is 6.48. The standard InChI is InChI=1S/C17H22N2O3/c1-2-22-17(21)15-9-8-13-10-18-11-14(16(20)19(13)15)12-6-4-3-5-7-12/h3-7,13-15,18H,2,8-11H2,1H3. The first-order valence-electron chi connectivity index (χ1n) is 7.96. The van der Waals surface area contributed by atoms with Crippen LogP contribution in [0, 0.1) is 0 Å². The lowest BCUT2D eigenvalue weighted by molar-refractivity contribution is -0.154. The molecule has 5 nitrogen and oxygen atoms in total. The summed E-state index contributed by atoms with van der Waals surface area (Å²) in [6.07, 6.45) is 1.54. The number of benzene rings is 1. The topological polar surface area (TPSA) is 58.6 Å². The van der Waals surface area contributed by atoms with Crippen LogP contribution in [0.25, 0.3) is 0 Å². The fraction of sp³-hybridized carbons (Fsp3) is 0.529. The van der Waals surface area contributed by atoms with E-state index in [1.165, 1.54) is 0 Å². The minimum atomic E-state index is -0.427. The number of hydrogen-bond acceptors (Lipinski definition) is 4. The van der Waals surface area contributed by atoms with E-state index in [0.29, 0.717) is 19.6 Å². The van der Waals surface area contributed by atoms with E-state index in [4.69, 9.17) is 4.74 Å². The lowest BCUT2D eigenvalue weighted by atomic mass is 9.97. The first-order chi connectivity index (χ1) is 10.7. The van der Waals surface area contributed by atoms with Gasteiger partial charge in [0, 0.05) is 19.1 Å². The largest absolute Gasteiger partial charge is 0.464 e. The van der Waals surface area contributed by atoms with Gasteiger partial charge in [0.1, 0.15) is 6.04 Å². The zero-order chi connectivity index (χ0) is 15.5. The van der Waals surface area contributed by atoms with E-state index in [1.807, 2.05) is 30.3 Å². The molecule has 0 radical (unpaired) electrons. The van der Waals surface area contributed by atoms with Gasteiger partial charge in [0.25, 0.3) is 0 Å². The zero-order valence-electron chi connectivity index (χ0n) is 12.8. The maximum atomic E-state index is 13.0. The number of ether oxygens (including phenoxy) is 1. The van der Waals surface area contributed by atoms with Crippen LogP contribution in [-0.4, -0.2) is 48.6 Å². The molecular formula is C17H22N2O3. The van der Waals surface area contributed by atoms with Gasteiger partial charge in [-0.05, 0) is 25.3 Å². The molecule has 3 atom stereocenters. The van der Waals surface area contributed by atoms with Crippen LogP contribution >= 0.6 is 0 Å². The highest BCUT2D eigenvalue weighted by Crippen LogP contribution is 2.31. The van der Waals surface area contributed by atoms with E-state index < -0.39 is 6.04 Å². The summed E-state index contributed by atoms with van der Waals surface area (Å²) in [5, 5.41) is 3.37. The van der Waals surface area contributed by atoms with Crippen molar-refractivity contribution in [1.82, 2.24) is 10.2 Å². The fourth-order valence-corrected chi connectivity index (χ4v) is 3.49. The van der Waals surface area contributed by atoms with Gasteiger partial charge in [-0.3, -0.25) is 4.79 Å². The summed E-state index contributed by atoms with van der Waals surface area (Å²) in [7, 11) is 0. The van der Waals surface area contributed by atoms with E-state index in [1.54, 1.807) is 11.8 Å². The van der Waals surface area contributed by atoms with Crippen LogP contribution in [0.2, 0.25) is 0 Å².